The molecule has 136 valence electrons. The van der Waals surface area contributed by atoms with Gasteiger partial charge in [-0.1, -0.05) is 18.2 Å². The molecule has 1 aromatic carbocycles. The van der Waals surface area contributed by atoms with Crippen molar-refractivity contribution in [3.05, 3.63) is 47.4 Å². The lowest BCUT2D eigenvalue weighted by Crippen LogP contribution is -2.36. The lowest BCUT2D eigenvalue weighted by molar-refractivity contribution is 0.0980. The monoisotopic (exact) mass is 352 g/mol. The third kappa shape index (κ3) is 3.55. The molecule has 2 aromatic rings. The summed E-state index contributed by atoms with van der Waals surface area (Å²) in [6.07, 6.45) is 4.37. The number of amides is 1. The average molecular weight is 352 g/mol. The topological polar surface area (TPSA) is 67.4 Å². The number of para-hydroxylation sites is 1. The Morgan fingerprint density at radius 2 is 2.19 bits per heavy atom. The molecule has 26 heavy (non-hydrogen) atoms. The molecule has 1 amide bonds. The van der Waals surface area contributed by atoms with E-state index >= 15 is 0 Å². The maximum atomic E-state index is 13.1. The minimum atomic E-state index is -0.0668. The van der Waals surface area contributed by atoms with E-state index in [1.54, 1.807) is 6.07 Å². The number of hydrogen-bond acceptors (Lipinski definition) is 5. The van der Waals surface area contributed by atoms with Gasteiger partial charge in [-0.3, -0.25) is 4.79 Å². The smallest absolute Gasteiger partial charge is 0.277 e. The fourth-order valence-electron chi connectivity index (χ4n) is 3.67. The Labute approximate surface area is 153 Å². The Kier molecular flexibility index (Phi) is 4.84. The van der Waals surface area contributed by atoms with E-state index in [1.807, 2.05) is 30.0 Å². The maximum Gasteiger partial charge on any atom is 0.277 e. The minimum absolute atomic E-state index is 0.0668. The van der Waals surface area contributed by atoms with Crippen molar-refractivity contribution in [2.45, 2.75) is 38.7 Å². The molecule has 4 rings (SSSR count). The van der Waals surface area contributed by atoms with Gasteiger partial charge < -0.3 is 15.0 Å². The molecule has 6 nitrogen and oxygen atoms in total. The van der Waals surface area contributed by atoms with Gasteiger partial charge in [-0.2, -0.15) is 0 Å². The SMILES string of the molecule is Cc1nc(NCC2CCCO2)cc(C(=O)N2CCCc3ccccc32)n1. The first kappa shape index (κ1) is 17.0. The summed E-state index contributed by atoms with van der Waals surface area (Å²) in [5.74, 6) is 1.21. The highest BCUT2D eigenvalue weighted by molar-refractivity contribution is 6.05. The molecule has 2 aliphatic heterocycles. The number of rotatable bonds is 4. The van der Waals surface area contributed by atoms with E-state index in [9.17, 15) is 4.79 Å². The summed E-state index contributed by atoms with van der Waals surface area (Å²) in [6.45, 7) is 4.07. The number of fused-ring (bicyclic) bond motifs is 1. The zero-order valence-corrected chi connectivity index (χ0v) is 15.1. The predicted octanol–water partition coefficient (Wildman–Crippen LogP) is 2.97. The van der Waals surface area contributed by atoms with Crippen molar-refractivity contribution in [1.82, 2.24) is 9.97 Å². The molecule has 0 bridgehead atoms. The van der Waals surface area contributed by atoms with E-state index in [2.05, 4.69) is 21.4 Å². The molecule has 1 unspecified atom stereocenters. The average Bonchev–Trinajstić information content (AvgIpc) is 3.18. The number of aryl methyl sites for hydroxylation is 2. The fourth-order valence-corrected chi connectivity index (χ4v) is 3.67. The van der Waals surface area contributed by atoms with Crippen LogP contribution in [-0.4, -0.2) is 41.7 Å². The summed E-state index contributed by atoms with van der Waals surface area (Å²) < 4.78 is 5.64. The van der Waals surface area contributed by atoms with Gasteiger partial charge in [-0.15, -0.1) is 0 Å². The molecule has 0 radical (unpaired) electrons. The van der Waals surface area contributed by atoms with E-state index in [4.69, 9.17) is 4.74 Å². The third-order valence-corrected chi connectivity index (χ3v) is 4.95. The Balaban J connectivity index is 1.54. The van der Waals surface area contributed by atoms with Crippen molar-refractivity contribution in [3.63, 3.8) is 0 Å². The first-order valence-electron chi connectivity index (χ1n) is 9.31. The van der Waals surface area contributed by atoms with Gasteiger partial charge in [-0.25, -0.2) is 9.97 Å². The minimum Gasteiger partial charge on any atom is -0.376 e. The summed E-state index contributed by atoms with van der Waals surface area (Å²) >= 11 is 0. The van der Waals surface area contributed by atoms with Crippen molar-refractivity contribution in [1.29, 1.82) is 0 Å². The van der Waals surface area contributed by atoms with Gasteiger partial charge >= 0.3 is 0 Å². The molecular weight excluding hydrogens is 328 g/mol. The van der Waals surface area contributed by atoms with Crippen molar-refractivity contribution < 1.29 is 9.53 Å². The van der Waals surface area contributed by atoms with E-state index in [0.717, 1.165) is 44.5 Å². The Bertz CT molecular complexity index is 802. The first-order chi connectivity index (χ1) is 12.7. The van der Waals surface area contributed by atoms with Crippen LogP contribution in [0.5, 0.6) is 0 Å². The van der Waals surface area contributed by atoms with E-state index in [-0.39, 0.29) is 12.0 Å². The third-order valence-electron chi connectivity index (χ3n) is 4.95. The standard InChI is InChI=1S/C20H24N4O2/c1-14-22-17(12-19(23-14)21-13-16-8-5-11-26-16)20(25)24-10-4-7-15-6-2-3-9-18(15)24/h2-3,6,9,12,16H,4-5,7-8,10-11,13H2,1H3,(H,21,22,23). The van der Waals surface area contributed by atoms with Gasteiger partial charge in [0.2, 0.25) is 0 Å². The van der Waals surface area contributed by atoms with Crippen molar-refractivity contribution >= 4 is 17.4 Å². The summed E-state index contributed by atoms with van der Waals surface area (Å²) in [4.78, 5) is 23.8. The van der Waals surface area contributed by atoms with Gasteiger partial charge in [0.15, 0.2) is 0 Å². The van der Waals surface area contributed by atoms with E-state index in [1.165, 1.54) is 5.56 Å². The molecule has 1 saturated heterocycles. The highest BCUT2D eigenvalue weighted by Crippen LogP contribution is 2.28. The molecule has 0 aliphatic carbocycles. The number of benzene rings is 1. The van der Waals surface area contributed by atoms with Gasteiger partial charge in [-0.05, 0) is 44.2 Å². The van der Waals surface area contributed by atoms with Crippen LogP contribution in [-0.2, 0) is 11.2 Å². The Morgan fingerprint density at radius 1 is 1.31 bits per heavy atom. The molecular formula is C20H24N4O2. The zero-order chi connectivity index (χ0) is 17.9. The Morgan fingerprint density at radius 3 is 3.04 bits per heavy atom. The molecule has 6 heteroatoms. The highest BCUT2D eigenvalue weighted by atomic mass is 16.5. The summed E-state index contributed by atoms with van der Waals surface area (Å²) in [5, 5.41) is 3.30. The number of nitrogens with zero attached hydrogens (tertiary/aromatic N) is 3. The van der Waals surface area contributed by atoms with Crippen LogP contribution in [0, 0.1) is 6.92 Å². The maximum absolute atomic E-state index is 13.1. The molecule has 0 spiro atoms. The van der Waals surface area contributed by atoms with Crippen molar-refractivity contribution in [2.75, 3.05) is 29.9 Å². The number of nitrogens with one attached hydrogen (secondary N) is 1. The number of carbonyl (C=O) groups is 1. The second-order valence-corrected chi connectivity index (χ2v) is 6.89. The van der Waals surface area contributed by atoms with Crippen LogP contribution in [0.4, 0.5) is 11.5 Å². The van der Waals surface area contributed by atoms with Crippen LogP contribution in [0.3, 0.4) is 0 Å². The number of ether oxygens (including phenoxy) is 1. The highest BCUT2D eigenvalue weighted by Gasteiger charge is 2.25. The number of anilines is 2. The van der Waals surface area contributed by atoms with Crippen molar-refractivity contribution in [3.8, 4) is 0 Å². The normalized spacial score (nSPS) is 19.3. The summed E-state index contributed by atoms with van der Waals surface area (Å²) in [5.41, 5.74) is 2.65. The first-order valence-corrected chi connectivity index (χ1v) is 9.31. The van der Waals surface area contributed by atoms with Crippen molar-refractivity contribution in [2.24, 2.45) is 0 Å². The van der Waals surface area contributed by atoms with Gasteiger partial charge in [0.25, 0.3) is 5.91 Å². The summed E-state index contributed by atoms with van der Waals surface area (Å²) in [6, 6.07) is 9.85. The van der Waals surface area contributed by atoms with Crippen LogP contribution < -0.4 is 10.2 Å². The van der Waals surface area contributed by atoms with Crippen LogP contribution in [0.25, 0.3) is 0 Å². The van der Waals surface area contributed by atoms with Gasteiger partial charge in [0.1, 0.15) is 17.3 Å². The number of hydrogen-bond donors (Lipinski definition) is 1. The lowest BCUT2D eigenvalue weighted by Gasteiger charge is -2.29. The molecule has 1 N–H and O–H groups in total. The largest absolute Gasteiger partial charge is 0.376 e. The fraction of sp³-hybridized carbons (Fsp3) is 0.450. The molecule has 2 aliphatic rings. The molecule has 1 aromatic heterocycles. The van der Waals surface area contributed by atoms with Gasteiger partial charge in [0, 0.05) is 31.5 Å². The molecule has 1 fully saturated rings. The van der Waals surface area contributed by atoms with Crippen LogP contribution in [0.15, 0.2) is 30.3 Å². The van der Waals surface area contributed by atoms with Crippen LogP contribution >= 0.6 is 0 Å². The van der Waals surface area contributed by atoms with Gasteiger partial charge in [0.05, 0.1) is 6.10 Å². The number of aromatic nitrogens is 2. The second-order valence-electron chi connectivity index (χ2n) is 6.89. The quantitative estimate of drug-likeness (QED) is 0.916. The number of carbonyl (C=O) groups excluding carboxylic acids is 1. The zero-order valence-electron chi connectivity index (χ0n) is 15.1. The van der Waals surface area contributed by atoms with Crippen LogP contribution in [0.1, 0.15) is 41.1 Å². The second kappa shape index (κ2) is 7.41. The van der Waals surface area contributed by atoms with E-state index < -0.39 is 0 Å². The molecule has 3 heterocycles. The molecule has 1 atom stereocenters. The predicted molar refractivity (Wildman–Crippen MR) is 101 cm³/mol. The molecule has 0 saturated carbocycles. The lowest BCUT2D eigenvalue weighted by atomic mass is 10.0. The Hall–Kier alpha value is -2.47. The summed E-state index contributed by atoms with van der Waals surface area (Å²) in [7, 11) is 0. The van der Waals surface area contributed by atoms with E-state index in [0.29, 0.717) is 23.9 Å². The van der Waals surface area contributed by atoms with Crippen LogP contribution in [0.2, 0.25) is 0 Å².